The summed E-state index contributed by atoms with van der Waals surface area (Å²) in [6, 6.07) is 0. The molecule has 0 unspecified atom stereocenters. The van der Waals surface area contributed by atoms with E-state index in [2.05, 4.69) is 92.9 Å². The minimum absolute atomic E-state index is 0. The summed E-state index contributed by atoms with van der Waals surface area (Å²) in [4.78, 5) is 0. The second-order valence-corrected chi connectivity index (χ2v) is 9.10. The van der Waals surface area contributed by atoms with Crippen molar-refractivity contribution in [1.82, 2.24) is 0 Å². The monoisotopic (exact) mass is 650 g/mol. The zero-order valence-electron chi connectivity index (χ0n) is 23.3. The molecule has 4 rings (SSSR count). The van der Waals surface area contributed by atoms with Crippen molar-refractivity contribution in [3.63, 3.8) is 0 Å². The second kappa shape index (κ2) is 17.9. The standard InChI is InChI=1S/C14H8.2C10H15.2Ru/c1-2-8-13(7-1)11-5-6-12-14-9-3-4-10-14;2*1-6-7(2)9(4)10(5)8(6)3;;/h1-4,7-10H;2*1-5H3;;. The van der Waals surface area contributed by atoms with Crippen LogP contribution in [0.15, 0.2) is 0 Å². The molecule has 4 aliphatic carbocycles. The summed E-state index contributed by atoms with van der Waals surface area (Å²) in [6.07, 6.45) is 15.7. The van der Waals surface area contributed by atoms with E-state index in [4.69, 9.17) is 0 Å². The van der Waals surface area contributed by atoms with Crippen LogP contribution >= 0.6 is 0 Å². The zero-order valence-corrected chi connectivity index (χ0v) is 26.8. The van der Waals surface area contributed by atoms with Crippen molar-refractivity contribution in [3.8, 4) is 23.7 Å². The van der Waals surface area contributed by atoms with Crippen LogP contribution in [0, 0.1) is 146 Å². The van der Waals surface area contributed by atoms with Gasteiger partial charge in [0, 0.05) is 39.0 Å². The predicted octanol–water partition coefficient (Wildman–Crippen LogP) is 7.74. The molecule has 190 valence electrons. The van der Waals surface area contributed by atoms with Crippen molar-refractivity contribution < 1.29 is 39.0 Å². The van der Waals surface area contributed by atoms with Crippen molar-refractivity contribution in [2.24, 2.45) is 0 Å². The molecule has 0 bridgehead atoms. The summed E-state index contributed by atoms with van der Waals surface area (Å²) in [7, 11) is 0. The largest absolute Gasteiger partial charge is 0.0800 e. The average molecular weight is 649 g/mol. The van der Waals surface area contributed by atoms with Crippen LogP contribution in [0.4, 0.5) is 0 Å². The van der Waals surface area contributed by atoms with E-state index in [0.29, 0.717) is 0 Å². The van der Waals surface area contributed by atoms with Crippen molar-refractivity contribution in [2.45, 2.75) is 69.2 Å². The summed E-state index contributed by atoms with van der Waals surface area (Å²) in [5.74, 6) is 28.3. The molecular weight excluding hydrogens is 611 g/mol. The first-order valence-electron chi connectivity index (χ1n) is 11.9. The van der Waals surface area contributed by atoms with Crippen molar-refractivity contribution >= 4 is 0 Å². The minimum atomic E-state index is 0. The molecule has 0 saturated heterocycles. The van der Waals surface area contributed by atoms with Gasteiger partial charge in [0.15, 0.2) is 0 Å². The molecule has 4 fully saturated rings. The van der Waals surface area contributed by atoms with Crippen LogP contribution in [0.2, 0.25) is 0 Å². The first-order chi connectivity index (χ1) is 16.1. The van der Waals surface area contributed by atoms with E-state index in [0.717, 1.165) is 11.8 Å². The van der Waals surface area contributed by atoms with E-state index >= 15 is 0 Å². The van der Waals surface area contributed by atoms with Crippen LogP contribution in [-0.4, -0.2) is 0 Å². The average Bonchev–Trinajstić information content (AvgIpc) is 3.61. The van der Waals surface area contributed by atoms with Gasteiger partial charge < -0.3 is 0 Å². The van der Waals surface area contributed by atoms with E-state index in [1.165, 1.54) is 59.2 Å². The van der Waals surface area contributed by atoms with Gasteiger partial charge in [-0.2, -0.15) is 0 Å². The fourth-order valence-corrected chi connectivity index (χ4v) is 3.93. The molecule has 0 heterocycles. The fourth-order valence-electron chi connectivity index (χ4n) is 3.93. The quantitative estimate of drug-likeness (QED) is 0.186. The topological polar surface area (TPSA) is 0 Å². The van der Waals surface area contributed by atoms with E-state index in [1.54, 1.807) is 0 Å². The molecule has 4 aliphatic rings. The Morgan fingerprint density at radius 3 is 0.667 bits per heavy atom. The predicted molar refractivity (Wildman–Crippen MR) is 146 cm³/mol. The Bertz CT molecular complexity index is 557. The Balaban J connectivity index is 0.000000508. The second-order valence-electron chi connectivity index (χ2n) is 9.10. The molecule has 4 saturated carbocycles. The Labute approximate surface area is 253 Å². The maximum absolute atomic E-state index is 2.96. The van der Waals surface area contributed by atoms with Crippen molar-refractivity contribution in [3.05, 3.63) is 122 Å². The van der Waals surface area contributed by atoms with Gasteiger partial charge in [0.2, 0.25) is 0 Å². The van der Waals surface area contributed by atoms with Crippen LogP contribution in [0.1, 0.15) is 69.2 Å². The molecule has 2 heteroatoms. The summed E-state index contributed by atoms with van der Waals surface area (Å²) >= 11 is 0. The zero-order chi connectivity index (χ0) is 25.4. The fraction of sp³-hybridized carbons (Fsp3) is 0.294. The van der Waals surface area contributed by atoms with Gasteiger partial charge in [0.1, 0.15) is 0 Å². The van der Waals surface area contributed by atoms with Crippen LogP contribution in [0.5, 0.6) is 0 Å². The molecule has 0 amide bonds. The Kier molecular flexibility index (Phi) is 18.0. The molecule has 0 aromatic carbocycles. The Morgan fingerprint density at radius 1 is 0.333 bits per heavy atom. The SMILES string of the molecule is C(C#C[C]1[CH][CH][CH][CH]1)#C[C]1[CH][CH][CH][CH]1.C[C]1[C](C)[C](C)[C](C)[C]1C.C[C]1[C](C)[C](C)[C](C)[C]1C.[Ru].[Ru]. The number of rotatable bonds is 0. The molecule has 20 radical (unpaired) electrons. The van der Waals surface area contributed by atoms with E-state index in [1.807, 2.05) is 51.4 Å². The van der Waals surface area contributed by atoms with Gasteiger partial charge >= 0.3 is 0 Å². The smallest absolute Gasteiger partial charge is 0.0564 e. The summed E-state index contributed by atoms with van der Waals surface area (Å²) in [5.41, 5.74) is 0. The van der Waals surface area contributed by atoms with Crippen molar-refractivity contribution in [1.29, 1.82) is 0 Å². The van der Waals surface area contributed by atoms with Gasteiger partial charge in [-0.1, -0.05) is 81.1 Å². The van der Waals surface area contributed by atoms with Crippen molar-refractivity contribution in [2.75, 3.05) is 0 Å². The number of hydrogen-bond acceptors (Lipinski definition) is 0. The van der Waals surface area contributed by atoms with Crippen LogP contribution < -0.4 is 0 Å². The van der Waals surface area contributed by atoms with Gasteiger partial charge in [-0.25, -0.2) is 0 Å². The molecule has 0 spiro atoms. The molecule has 36 heavy (non-hydrogen) atoms. The molecule has 0 atom stereocenters. The van der Waals surface area contributed by atoms with Gasteiger partial charge in [-0.15, -0.1) is 0 Å². The Morgan fingerprint density at radius 2 is 0.500 bits per heavy atom. The number of hydrogen-bond donors (Lipinski definition) is 0. The van der Waals surface area contributed by atoms with Crippen LogP contribution in [-0.2, 0) is 39.0 Å². The van der Waals surface area contributed by atoms with Gasteiger partial charge in [0.25, 0.3) is 0 Å². The summed E-state index contributed by atoms with van der Waals surface area (Å²) < 4.78 is 0. The molecule has 0 N–H and O–H groups in total. The maximum Gasteiger partial charge on any atom is 0.0564 e. The van der Waals surface area contributed by atoms with E-state index in [9.17, 15) is 0 Å². The molecule has 0 aromatic heterocycles. The van der Waals surface area contributed by atoms with Crippen LogP contribution in [0.3, 0.4) is 0 Å². The van der Waals surface area contributed by atoms with Crippen LogP contribution in [0.25, 0.3) is 0 Å². The molecule has 0 nitrogen and oxygen atoms in total. The molecule has 0 aromatic rings. The third-order valence-electron chi connectivity index (χ3n) is 7.43. The first kappa shape index (κ1) is 36.4. The minimum Gasteiger partial charge on any atom is -0.0800 e. The summed E-state index contributed by atoms with van der Waals surface area (Å²) in [6.45, 7) is 22.0. The molecular formula is C34H38Ru2. The van der Waals surface area contributed by atoms with Gasteiger partial charge in [0.05, 0.1) is 11.8 Å². The van der Waals surface area contributed by atoms with Gasteiger partial charge in [-0.05, 0) is 122 Å². The van der Waals surface area contributed by atoms with E-state index < -0.39 is 0 Å². The van der Waals surface area contributed by atoms with E-state index in [-0.39, 0.29) is 39.0 Å². The molecule has 0 aliphatic heterocycles. The third-order valence-corrected chi connectivity index (χ3v) is 7.43. The summed E-state index contributed by atoms with van der Waals surface area (Å²) in [5, 5.41) is 0. The third kappa shape index (κ3) is 10.2. The normalized spacial score (nSPS) is 24.6. The first-order valence-corrected chi connectivity index (χ1v) is 11.9. The maximum atomic E-state index is 2.96. The Hall–Kier alpha value is 0.367. The van der Waals surface area contributed by atoms with Gasteiger partial charge in [-0.3, -0.25) is 0 Å².